The van der Waals surface area contributed by atoms with Crippen LogP contribution in [0.2, 0.25) is 0 Å². The maximum Gasteiger partial charge on any atom is 0.126 e. The van der Waals surface area contributed by atoms with Gasteiger partial charge in [-0.15, -0.1) is 16.7 Å². The zero-order valence-electron chi connectivity index (χ0n) is 11.7. The summed E-state index contributed by atoms with van der Waals surface area (Å²) in [5.41, 5.74) is 3.05. The summed E-state index contributed by atoms with van der Waals surface area (Å²) in [6.45, 7) is 1.92. The quantitative estimate of drug-likeness (QED) is 0.675. The maximum absolute atomic E-state index is 13.5. The Morgan fingerprint density at radius 2 is 1.77 bits per heavy atom. The van der Waals surface area contributed by atoms with Gasteiger partial charge in [0, 0.05) is 11.6 Å². The van der Waals surface area contributed by atoms with Crippen LogP contribution in [0, 0.1) is 18.6 Å². The fourth-order valence-electron chi connectivity index (χ4n) is 2.35. The van der Waals surface area contributed by atoms with E-state index in [1.807, 2.05) is 31.2 Å². The second-order valence-corrected chi connectivity index (χ2v) is 5.14. The predicted molar refractivity (Wildman–Crippen MR) is 81.0 cm³/mol. The molecule has 3 nitrogen and oxygen atoms in total. The van der Waals surface area contributed by atoms with Crippen molar-refractivity contribution in [3.05, 3.63) is 65.4 Å². The molecular formula is C16H12ClF2N3. The van der Waals surface area contributed by atoms with Crippen molar-refractivity contribution >= 4 is 11.6 Å². The molecule has 1 heterocycles. The standard InChI is InChI=1S/C16H12ClF2N3/c1-10-4-2-3-5-15(10)22-16(14(9-17)20-21-22)11-6-12(18)8-13(19)7-11/h2-8H,9H2,1H3. The molecule has 0 amide bonds. The zero-order valence-corrected chi connectivity index (χ0v) is 12.5. The van der Waals surface area contributed by atoms with E-state index in [9.17, 15) is 8.78 Å². The van der Waals surface area contributed by atoms with Crippen LogP contribution >= 0.6 is 11.6 Å². The molecule has 0 saturated carbocycles. The third-order valence-corrected chi connectivity index (χ3v) is 3.60. The van der Waals surface area contributed by atoms with Crippen LogP contribution in [0.15, 0.2) is 42.5 Å². The van der Waals surface area contributed by atoms with Crippen LogP contribution in [-0.4, -0.2) is 15.0 Å². The monoisotopic (exact) mass is 319 g/mol. The van der Waals surface area contributed by atoms with Gasteiger partial charge in [0.15, 0.2) is 0 Å². The van der Waals surface area contributed by atoms with Gasteiger partial charge in [0.25, 0.3) is 0 Å². The summed E-state index contributed by atoms with van der Waals surface area (Å²) >= 11 is 5.90. The average Bonchev–Trinajstić information content (AvgIpc) is 2.90. The van der Waals surface area contributed by atoms with Gasteiger partial charge in [-0.2, -0.15) is 0 Å². The molecule has 0 aliphatic heterocycles. The van der Waals surface area contributed by atoms with E-state index in [4.69, 9.17) is 11.6 Å². The Balaban J connectivity index is 2.26. The Kier molecular flexibility index (Phi) is 3.90. The molecule has 112 valence electrons. The highest BCUT2D eigenvalue weighted by Crippen LogP contribution is 2.28. The van der Waals surface area contributed by atoms with Crippen molar-refractivity contribution in [3.63, 3.8) is 0 Å². The molecule has 0 saturated heterocycles. The van der Waals surface area contributed by atoms with E-state index < -0.39 is 11.6 Å². The van der Waals surface area contributed by atoms with Crippen molar-refractivity contribution in [2.45, 2.75) is 12.8 Å². The third-order valence-electron chi connectivity index (χ3n) is 3.35. The number of alkyl halides is 1. The number of halogens is 3. The molecule has 3 aromatic rings. The lowest BCUT2D eigenvalue weighted by Crippen LogP contribution is -2.02. The summed E-state index contributed by atoms with van der Waals surface area (Å²) < 4.78 is 28.6. The lowest BCUT2D eigenvalue weighted by Gasteiger charge is -2.10. The number of aromatic nitrogens is 3. The highest BCUT2D eigenvalue weighted by Gasteiger charge is 2.18. The van der Waals surface area contributed by atoms with E-state index in [1.165, 1.54) is 12.1 Å². The van der Waals surface area contributed by atoms with E-state index >= 15 is 0 Å². The van der Waals surface area contributed by atoms with Crippen molar-refractivity contribution in [3.8, 4) is 16.9 Å². The molecule has 0 bridgehead atoms. The highest BCUT2D eigenvalue weighted by atomic mass is 35.5. The summed E-state index contributed by atoms with van der Waals surface area (Å²) in [5, 5.41) is 8.12. The Morgan fingerprint density at radius 3 is 2.41 bits per heavy atom. The Bertz CT molecular complexity index is 810. The average molecular weight is 320 g/mol. The lowest BCUT2D eigenvalue weighted by atomic mass is 10.1. The topological polar surface area (TPSA) is 30.7 Å². The molecule has 0 radical (unpaired) electrons. The van der Waals surface area contributed by atoms with Gasteiger partial charge in [0.05, 0.1) is 17.3 Å². The van der Waals surface area contributed by atoms with Gasteiger partial charge in [-0.25, -0.2) is 13.5 Å². The molecule has 0 N–H and O–H groups in total. The molecule has 0 unspecified atom stereocenters. The Labute approximate surface area is 131 Å². The molecule has 0 aliphatic rings. The van der Waals surface area contributed by atoms with Crippen LogP contribution < -0.4 is 0 Å². The fourth-order valence-corrected chi connectivity index (χ4v) is 2.53. The van der Waals surface area contributed by atoms with Gasteiger partial charge >= 0.3 is 0 Å². The first-order chi connectivity index (χ1) is 10.6. The van der Waals surface area contributed by atoms with Crippen LogP contribution in [0.25, 0.3) is 16.9 Å². The Hall–Kier alpha value is -2.27. The van der Waals surface area contributed by atoms with Gasteiger partial charge < -0.3 is 0 Å². The van der Waals surface area contributed by atoms with Crippen LogP contribution in [0.4, 0.5) is 8.78 Å². The molecule has 0 atom stereocenters. The summed E-state index contributed by atoms with van der Waals surface area (Å²) in [7, 11) is 0. The van der Waals surface area contributed by atoms with Crippen LogP contribution in [0.3, 0.4) is 0 Å². The van der Waals surface area contributed by atoms with Gasteiger partial charge in [-0.1, -0.05) is 23.4 Å². The molecule has 2 aromatic carbocycles. The largest absolute Gasteiger partial charge is 0.212 e. The van der Waals surface area contributed by atoms with Crippen molar-refractivity contribution in [1.82, 2.24) is 15.0 Å². The number of hydrogen-bond donors (Lipinski definition) is 0. The fraction of sp³-hybridized carbons (Fsp3) is 0.125. The molecule has 1 aromatic heterocycles. The lowest BCUT2D eigenvalue weighted by molar-refractivity contribution is 0.584. The summed E-state index contributed by atoms with van der Waals surface area (Å²) in [6, 6.07) is 10.9. The van der Waals surface area contributed by atoms with Crippen molar-refractivity contribution in [2.24, 2.45) is 0 Å². The molecule has 3 rings (SSSR count). The maximum atomic E-state index is 13.5. The summed E-state index contributed by atoms with van der Waals surface area (Å²) in [6.07, 6.45) is 0. The van der Waals surface area contributed by atoms with Crippen LogP contribution in [0.1, 0.15) is 11.3 Å². The first kappa shape index (κ1) is 14.7. The molecule has 6 heteroatoms. The van der Waals surface area contributed by atoms with E-state index in [0.717, 1.165) is 17.3 Å². The summed E-state index contributed by atoms with van der Waals surface area (Å²) in [5.74, 6) is -1.22. The van der Waals surface area contributed by atoms with Crippen LogP contribution in [0.5, 0.6) is 0 Å². The third kappa shape index (κ3) is 2.60. The molecule has 0 aliphatic carbocycles. The van der Waals surface area contributed by atoms with E-state index in [1.54, 1.807) is 4.68 Å². The Morgan fingerprint density at radius 1 is 1.09 bits per heavy atom. The second-order valence-electron chi connectivity index (χ2n) is 4.87. The molecule has 0 spiro atoms. The van der Waals surface area contributed by atoms with Crippen LogP contribution in [-0.2, 0) is 5.88 Å². The predicted octanol–water partition coefficient (Wildman–Crippen LogP) is 4.26. The highest BCUT2D eigenvalue weighted by molar-refractivity contribution is 6.17. The van der Waals surface area contributed by atoms with Gasteiger partial charge in [-0.05, 0) is 30.7 Å². The summed E-state index contributed by atoms with van der Waals surface area (Å²) in [4.78, 5) is 0. The number of para-hydroxylation sites is 1. The smallest absolute Gasteiger partial charge is 0.126 e. The van der Waals surface area contributed by atoms with E-state index in [2.05, 4.69) is 10.3 Å². The van der Waals surface area contributed by atoms with Crippen molar-refractivity contribution in [2.75, 3.05) is 0 Å². The number of aryl methyl sites for hydroxylation is 1. The normalized spacial score (nSPS) is 10.9. The zero-order chi connectivity index (χ0) is 15.7. The minimum absolute atomic E-state index is 0.0966. The van der Waals surface area contributed by atoms with Gasteiger partial charge in [0.2, 0.25) is 0 Å². The van der Waals surface area contributed by atoms with Gasteiger partial charge in [-0.3, -0.25) is 0 Å². The molecule has 0 fully saturated rings. The van der Waals surface area contributed by atoms with E-state index in [0.29, 0.717) is 17.0 Å². The molecular weight excluding hydrogens is 308 g/mol. The SMILES string of the molecule is Cc1ccccc1-n1nnc(CCl)c1-c1cc(F)cc(F)c1. The van der Waals surface area contributed by atoms with Gasteiger partial charge in [0.1, 0.15) is 17.3 Å². The number of hydrogen-bond acceptors (Lipinski definition) is 2. The van der Waals surface area contributed by atoms with Crippen molar-refractivity contribution in [1.29, 1.82) is 0 Å². The first-order valence-corrected chi connectivity index (χ1v) is 7.16. The number of nitrogens with zero attached hydrogens (tertiary/aromatic N) is 3. The minimum atomic E-state index is -0.659. The van der Waals surface area contributed by atoms with E-state index in [-0.39, 0.29) is 5.88 Å². The van der Waals surface area contributed by atoms with Crippen molar-refractivity contribution < 1.29 is 8.78 Å². The second kappa shape index (κ2) is 5.85. The first-order valence-electron chi connectivity index (χ1n) is 6.63. The molecule has 22 heavy (non-hydrogen) atoms. The number of rotatable bonds is 3. The number of benzene rings is 2. The minimum Gasteiger partial charge on any atom is -0.212 e.